The van der Waals surface area contributed by atoms with Crippen molar-refractivity contribution in [3.63, 3.8) is 0 Å². The van der Waals surface area contributed by atoms with Gasteiger partial charge in [0.25, 0.3) is 0 Å². The van der Waals surface area contributed by atoms with Crippen molar-refractivity contribution in [2.45, 2.75) is 6.61 Å². The van der Waals surface area contributed by atoms with Crippen molar-refractivity contribution < 1.29 is 19.4 Å². The fourth-order valence-corrected chi connectivity index (χ4v) is 1.60. The summed E-state index contributed by atoms with van der Waals surface area (Å²) in [5, 5.41) is 9.63. The number of aldehydes is 1. The number of phenols is 1. The SMILES string of the molecule is COc1ccc(COc2cc(C=O)ccc2O)cc1. The van der Waals surface area contributed by atoms with E-state index in [0.29, 0.717) is 24.2 Å². The molecular weight excluding hydrogens is 244 g/mol. The minimum atomic E-state index is 0.0131. The van der Waals surface area contributed by atoms with Crippen molar-refractivity contribution >= 4 is 6.29 Å². The third-order valence-corrected chi connectivity index (χ3v) is 2.67. The number of ether oxygens (including phenoxy) is 2. The summed E-state index contributed by atoms with van der Waals surface area (Å²) in [6.45, 7) is 0.305. The van der Waals surface area contributed by atoms with Gasteiger partial charge in [0.05, 0.1) is 7.11 Å². The predicted molar refractivity (Wildman–Crippen MR) is 70.8 cm³/mol. The topological polar surface area (TPSA) is 55.8 Å². The van der Waals surface area contributed by atoms with Crippen LogP contribution in [0.4, 0.5) is 0 Å². The van der Waals surface area contributed by atoms with Crippen molar-refractivity contribution in [1.82, 2.24) is 0 Å². The van der Waals surface area contributed by atoms with Crippen molar-refractivity contribution in [3.05, 3.63) is 53.6 Å². The van der Waals surface area contributed by atoms with Crippen LogP contribution in [0.25, 0.3) is 0 Å². The second kappa shape index (κ2) is 5.91. The molecule has 4 nitrogen and oxygen atoms in total. The van der Waals surface area contributed by atoms with Crippen LogP contribution in [0.2, 0.25) is 0 Å². The molecule has 0 aliphatic carbocycles. The molecule has 0 radical (unpaired) electrons. The van der Waals surface area contributed by atoms with Crippen molar-refractivity contribution in [2.75, 3.05) is 7.11 Å². The van der Waals surface area contributed by atoms with Gasteiger partial charge in [-0.1, -0.05) is 12.1 Å². The third kappa shape index (κ3) is 3.25. The fraction of sp³-hybridized carbons (Fsp3) is 0.133. The molecule has 2 aromatic rings. The summed E-state index contributed by atoms with van der Waals surface area (Å²) in [5.74, 6) is 1.08. The van der Waals surface area contributed by atoms with Crippen LogP contribution in [0.15, 0.2) is 42.5 Å². The zero-order valence-corrected chi connectivity index (χ0v) is 10.5. The molecule has 4 heteroatoms. The number of hydrogen-bond acceptors (Lipinski definition) is 4. The summed E-state index contributed by atoms with van der Waals surface area (Å²) >= 11 is 0. The summed E-state index contributed by atoms with van der Waals surface area (Å²) < 4.78 is 10.6. The van der Waals surface area contributed by atoms with Gasteiger partial charge in [-0.2, -0.15) is 0 Å². The van der Waals surface area contributed by atoms with Gasteiger partial charge in [-0.25, -0.2) is 0 Å². The first kappa shape index (κ1) is 13.0. The highest BCUT2D eigenvalue weighted by atomic mass is 16.5. The summed E-state index contributed by atoms with van der Waals surface area (Å²) in [6.07, 6.45) is 0.708. The first-order chi connectivity index (χ1) is 9.22. The van der Waals surface area contributed by atoms with Crippen LogP contribution in [0.5, 0.6) is 17.2 Å². The van der Waals surface area contributed by atoms with Gasteiger partial charge >= 0.3 is 0 Å². The molecule has 0 unspecified atom stereocenters. The largest absolute Gasteiger partial charge is 0.504 e. The lowest BCUT2D eigenvalue weighted by Gasteiger charge is -2.09. The maximum Gasteiger partial charge on any atom is 0.162 e. The minimum Gasteiger partial charge on any atom is -0.504 e. The van der Waals surface area contributed by atoms with Gasteiger partial charge in [-0.15, -0.1) is 0 Å². The molecule has 2 rings (SSSR count). The maximum atomic E-state index is 10.7. The number of carbonyl (C=O) groups excluding carboxylic acids is 1. The smallest absolute Gasteiger partial charge is 0.162 e. The van der Waals surface area contributed by atoms with E-state index in [-0.39, 0.29) is 5.75 Å². The van der Waals surface area contributed by atoms with Crippen molar-refractivity contribution in [1.29, 1.82) is 0 Å². The third-order valence-electron chi connectivity index (χ3n) is 2.67. The molecule has 0 atom stereocenters. The van der Waals surface area contributed by atoms with E-state index < -0.39 is 0 Å². The van der Waals surface area contributed by atoms with Crippen LogP contribution < -0.4 is 9.47 Å². The highest BCUT2D eigenvalue weighted by Gasteiger charge is 2.04. The maximum absolute atomic E-state index is 10.7. The lowest BCUT2D eigenvalue weighted by atomic mass is 10.2. The first-order valence-corrected chi connectivity index (χ1v) is 5.77. The van der Waals surface area contributed by atoms with E-state index in [1.165, 1.54) is 18.2 Å². The highest BCUT2D eigenvalue weighted by molar-refractivity contribution is 5.76. The number of hydrogen-bond donors (Lipinski definition) is 1. The Kier molecular flexibility index (Phi) is 4.03. The van der Waals surface area contributed by atoms with E-state index in [4.69, 9.17) is 9.47 Å². The second-order valence-electron chi connectivity index (χ2n) is 3.98. The molecule has 0 aliphatic heterocycles. The van der Waals surface area contributed by atoms with Gasteiger partial charge < -0.3 is 14.6 Å². The van der Waals surface area contributed by atoms with Gasteiger partial charge in [-0.05, 0) is 35.9 Å². The Hall–Kier alpha value is -2.49. The molecule has 0 bridgehead atoms. The molecular formula is C15H14O4. The average molecular weight is 258 g/mol. The van der Waals surface area contributed by atoms with Gasteiger partial charge in [0.1, 0.15) is 18.6 Å². The molecule has 98 valence electrons. The van der Waals surface area contributed by atoms with Gasteiger partial charge in [-0.3, -0.25) is 4.79 Å². The van der Waals surface area contributed by atoms with Crippen molar-refractivity contribution in [2.24, 2.45) is 0 Å². The normalized spacial score (nSPS) is 9.95. The Bertz CT molecular complexity index is 561. The van der Waals surface area contributed by atoms with Crippen LogP contribution in [0.1, 0.15) is 15.9 Å². The number of aromatic hydroxyl groups is 1. The van der Waals surface area contributed by atoms with Crippen LogP contribution in [0, 0.1) is 0 Å². The summed E-state index contributed by atoms with van der Waals surface area (Å²) in [5.41, 5.74) is 1.40. The second-order valence-corrected chi connectivity index (χ2v) is 3.98. The molecule has 19 heavy (non-hydrogen) atoms. The Morgan fingerprint density at radius 3 is 2.53 bits per heavy atom. The summed E-state index contributed by atoms with van der Waals surface area (Å²) in [7, 11) is 1.61. The number of methoxy groups -OCH3 is 1. The Balaban J connectivity index is 2.07. The molecule has 1 N–H and O–H groups in total. The molecule has 0 fully saturated rings. The van der Waals surface area contributed by atoms with Gasteiger partial charge in [0, 0.05) is 5.56 Å². The molecule has 0 aromatic heterocycles. The zero-order chi connectivity index (χ0) is 13.7. The Morgan fingerprint density at radius 2 is 1.89 bits per heavy atom. The molecule has 0 saturated heterocycles. The summed E-state index contributed by atoms with van der Waals surface area (Å²) in [6, 6.07) is 11.9. The standard InChI is InChI=1S/C15H14O4/c1-18-13-5-2-11(3-6-13)10-19-15-8-12(9-16)4-7-14(15)17/h2-9,17H,10H2,1H3. The Morgan fingerprint density at radius 1 is 1.16 bits per heavy atom. The fourth-order valence-electron chi connectivity index (χ4n) is 1.60. The molecule has 0 spiro atoms. The average Bonchev–Trinajstić information content (AvgIpc) is 2.47. The number of rotatable bonds is 5. The van der Waals surface area contributed by atoms with Gasteiger partial charge in [0.15, 0.2) is 11.5 Å². The van der Waals surface area contributed by atoms with E-state index in [2.05, 4.69) is 0 Å². The molecule has 0 saturated carbocycles. The summed E-state index contributed by atoms with van der Waals surface area (Å²) in [4.78, 5) is 10.7. The van der Waals surface area contributed by atoms with E-state index in [0.717, 1.165) is 11.3 Å². The molecule has 0 aliphatic rings. The van der Waals surface area contributed by atoms with E-state index in [1.807, 2.05) is 24.3 Å². The lowest BCUT2D eigenvalue weighted by Crippen LogP contribution is -1.96. The predicted octanol–water partition coefficient (Wildman–Crippen LogP) is 2.79. The van der Waals surface area contributed by atoms with E-state index in [9.17, 15) is 9.90 Å². The van der Waals surface area contributed by atoms with Crippen LogP contribution >= 0.6 is 0 Å². The zero-order valence-electron chi connectivity index (χ0n) is 10.5. The number of carbonyl (C=O) groups is 1. The Labute approximate surface area is 111 Å². The molecule has 0 heterocycles. The van der Waals surface area contributed by atoms with E-state index >= 15 is 0 Å². The lowest BCUT2D eigenvalue weighted by molar-refractivity contribution is 0.112. The van der Waals surface area contributed by atoms with Crippen molar-refractivity contribution in [3.8, 4) is 17.2 Å². The first-order valence-electron chi connectivity index (χ1n) is 5.77. The van der Waals surface area contributed by atoms with Crippen LogP contribution in [-0.4, -0.2) is 18.5 Å². The van der Waals surface area contributed by atoms with Crippen LogP contribution in [0.3, 0.4) is 0 Å². The highest BCUT2D eigenvalue weighted by Crippen LogP contribution is 2.27. The monoisotopic (exact) mass is 258 g/mol. The number of phenolic OH excluding ortho intramolecular Hbond substituents is 1. The minimum absolute atomic E-state index is 0.0131. The van der Waals surface area contributed by atoms with Gasteiger partial charge in [0.2, 0.25) is 0 Å². The molecule has 2 aromatic carbocycles. The van der Waals surface area contributed by atoms with E-state index in [1.54, 1.807) is 7.11 Å². The van der Waals surface area contributed by atoms with Crippen LogP contribution in [-0.2, 0) is 6.61 Å². The number of benzene rings is 2. The quantitative estimate of drug-likeness (QED) is 0.838. The molecule has 0 amide bonds.